The van der Waals surface area contributed by atoms with Gasteiger partial charge in [0.1, 0.15) is 6.04 Å². The molecule has 1 saturated heterocycles. The molecule has 1 fully saturated rings. The number of rotatable bonds is 6. The van der Waals surface area contributed by atoms with Crippen LogP contribution >= 0.6 is 0 Å². The van der Waals surface area contributed by atoms with Crippen molar-refractivity contribution in [3.63, 3.8) is 0 Å². The van der Waals surface area contributed by atoms with Crippen molar-refractivity contribution >= 4 is 11.8 Å². The minimum absolute atomic E-state index is 0.0143. The summed E-state index contributed by atoms with van der Waals surface area (Å²) in [6.45, 7) is 9.51. The first kappa shape index (κ1) is 16.0. The molecular weight excluding hydrogens is 244 g/mol. The van der Waals surface area contributed by atoms with E-state index in [4.69, 9.17) is 4.74 Å². The van der Waals surface area contributed by atoms with Crippen LogP contribution in [-0.2, 0) is 14.3 Å². The summed E-state index contributed by atoms with van der Waals surface area (Å²) < 4.78 is 5.64. The van der Waals surface area contributed by atoms with Crippen LogP contribution in [0.3, 0.4) is 0 Å². The maximum Gasteiger partial charge on any atom is 0.245 e. The van der Waals surface area contributed by atoms with E-state index >= 15 is 0 Å². The average Bonchev–Trinajstić information content (AvgIpc) is 2.43. The highest BCUT2D eigenvalue weighted by Gasteiger charge is 2.32. The van der Waals surface area contributed by atoms with Crippen LogP contribution in [0.4, 0.5) is 0 Å². The normalized spacial score (nSPS) is 21.3. The van der Waals surface area contributed by atoms with Crippen LogP contribution in [-0.4, -0.2) is 48.1 Å². The van der Waals surface area contributed by atoms with Crippen molar-refractivity contribution in [2.24, 2.45) is 0 Å². The van der Waals surface area contributed by atoms with Crippen LogP contribution in [0.2, 0.25) is 0 Å². The van der Waals surface area contributed by atoms with Gasteiger partial charge in [0.25, 0.3) is 0 Å². The molecule has 0 bridgehead atoms. The van der Waals surface area contributed by atoms with Crippen molar-refractivity contribution in [2.75, 3.05) is 19.7 Å². The van der Waals surface area contributed by atoms with Crippen LogP contribution in [0, 0.1) is 0 Å². The third-order valence-corrected chi connectivity index (χ3v) is 3.24. The Labute approximate surface area is 115 Å². The zero-order chi connectivity index (χ0) is 14.5. The molecule has 0 aliphatic carbocycles. The highest BCUT2D eigenvalue weighted by atomic mass is 16.5. The summed E-state index contributed by atoms with van der Waals surface area (Å²) in [5, 5.41) is 2.81. The van der Waals surface area contributed by atoms with Crippen molar-refractivity contribution in [1.29, 1.82) is 0 Å². The molecule has 1 rings (SSSR count). The van der Waals surface area contributed by atoms with Crippen molar-refractivity contribution in [3.8, 4) is 0 Å². The second-order valence-corrected chi connectivity index (χ2v) is 5.61. The van der Waals surface area contributed by atoms with Gasteiger partial charge in [-0.2, -0.15) is 0 Å². The monoisotopic (exact) mass is 270 g/mol. The lowest BCUT2D eigenvalue weighted by molar-refractivity contribution is -0.137. The fourth-order valence-electron chi connectivity index (χ4n) is 2.43. The number of hydrogen-bond donors (Lipinski definition) is 1. The Kier molecular flexibility index (Phi) is 5.79. The first-order chi connectivity index (χ1) is 8.89. The minimum atomic E-state index is -0.380. The van der Waals surface area contributed by atoms with Crippen molar-refractivity contribution in [1.82, 2.24) is 10.2 Å². The fraction of sp³-hybridized carbons (Fsp3) is 0.857. The number of amides is 2. The van der Waals surface area contributed by atoms with Crippen LogP contribution in [0.25, 0.3) is 0 Å². The van der Waals surface area contributed by atoms with Gasteiger partial charge in [-0.1, -0.05) is 13.3 Å². The van der Waals surface area contributed by atoms with Gasteiger partial charge >= 0.3 is 0 Å². The lowest BCUT2D eigenvalue weighted by Crippen LogP contribution is -2.49. The first-order valence-corrected chi connectivity index (χ1v) is 7.11. The van der Waals surface area contributed by atoms with Gasteiger partial charge in [0.2, 0.25) is 11.8 Å². The summed E-state index contributed by atoms with van der Waals surface area (Å²) in [6, 6.07) is -0.377. The largest absolute Gasteiger partial charge is 0.374 e. The van der Waals surface area contributed by atoms with E-state index in [1.807, 2.05) is 27.7 Å². The van der Waals surface area contributed by atoms with Crippen LogP contribution < -0.4 is 5.32 Å². The quantitative estimate of drug-likeness (QED) is 0.792. The van der Waals surface area contributed by atoms with Crippen molar-refractivity contribution in [3.05, 3.63) is 0 Å². The van der Waals surface area contributed by atoms with Gasteiger partial charge in [-0.15, -0.1) is 0 Å². The molecule has 1 aliphatic heterocycles. The van der Waals surface area contributed by atoms with E-state index in [0.717, 1.165) is 6.42 Å². The Balaban J connectivity index is 2.75. The smallest absolute Gasteiger partial charge is 0.245 e. The molecule has 5 nitrogen and oxygen atoms in total. The molecular formula is C14H26N2O3. The standard InChI is InChI=1S/C14H26N2O3/c1-5-7-11-13(18)16(9-8-12(17)15-11)10-14(3,4)19-6-2/h11H,5-10H2,1-4H3,(H,15,17). The second kappa shape index (κ2) is 6.89. The molecule has 110 valence electrons. The van der Waals surface area contributed by atoms with E-state index in [1.54, 1.807) is 4.90 Å². The number of ether oxygens (including phenoxy) is 1. The maximum atomic E-state index is 12.4. The summed E-state index contributed by atoms with van der Waals surface area (Å²) in [5.41, 5.74) is -0.380. The number of carbonyl (C=O) groups excluding carboxylic acids is 2. The lowest BCUT2D eigenvalue weighted by Gasteiger charge is -2.33. The third-order valence-electron chi connectivity index (χ3n) is 3.24. The average molecular weight is 270 g/mol. The van der Waals surface area contributed by atoms with E-state index in [0.29, 0.717) is 32.5 Å². The van der Waals surface area contributed by atoms with Crippen LogP contribution in [0.1, 0.15) is 47.0 Å². The summed E-state index contributed by atoms with van der Waals surface area (Å²) >= 11 is 0. The summed E-state index contributed by atoms with van der Waals surface area (Å²) in [6.07, 6.45) is 1.93. The van der Waals surface area contributed by atoms with E-state index in [2.05, 4.69) is 5.32 Å². The molecule has 0 aromatic heterocycles. The van der Waals surface area contributed by atoms with E-state index < -0.39 is 0 Å². The molecule has 2 amide bonds. The molecule has 1 atom stereocenters. The Morgan fingerprint density at radius 1 is 1.37 bits per heavy atom. The lowest BCUT2D eigenvalue weighted by atomic mass is 10.1. The molecule has 0 aromatic carbocycles. The molecule has 5 heteroatoms. The van der Waals surface area contributed by atoms with E-state index in [9.17, 15) is 9.59 Å². The molecule has 1 unspecified atom stereocenters. The zero-order valence-corrected chi connectivity index (χ0v) is 12.5. The summed E-state index contributed by atoms with van der Waals surface area (Å²) in [4.78, 5) is 25.8. The molecule has 19 heavy (non-hydrogen) atoms. The van der Waals surface area contributed by atoms with E-state index in [-0.39, 0.29) is 23.5 Å². The van der Waals surface area contributed by atoms with Crippen molar-refractivity contribution < 1.29 is 14.3 Å². The number of nitrogens with zero attached hydrogens (tertiary/aromatic N) is 1. The highest BCUT2D eigenvalue weighted by Crippen LogP contribution is 2.15. The third kappa shape index (κ3) is 4.82. The minimum Gasteiger partial charge on any atom is -0.374 e. The molecule has 0 spiro atoms. The highest BCUT2D eigenvalue weighted by molar-refractivity contribution is 5.89. The second-order valence-electron chi connectivity index (χ2n) is 5.61. The number of hydrogen-bond acceptors (Lipinski definition) is 3. The number of carbonyl (C=O) groups is 2. The molecule has 1 N–H and O–H groups in total. The Morgan fingerprint density at radius 3 is 2.63 bits per heavy atom. The molecule has 0 aromatic rings. The van der Waals surface area contributed by atoms with Gasteiger partial charge in [-0.3, -0.25) is 9.59 Å². The number of nitrogens with one attached hydrogen (secondary N) is 1. The topological polar surface area (TPSA) is 58.6 Å². The molecule has 0 saturated carbocycles. The van der Waals surface area contributed by atoms with Gasteiger partial charge in [0.15, 0.2) is 0 Å². The predicted octanol–water partition coefficient (Wildman–Crippen LogP) is 1.32. The van der Waals surface area contributed by atoms with Gasteiger partial charge in [0, 0.05) is 26.1 Å². The fourth-order valence-corrected chi connectivity index (χ4v) is 2.43. The van der Waals surface area contributed by atoms with Gasteiger partial charge in [0.05, 0.1) is 5.60 Å². The Morgan fingerprint density at radius 2 is 2.05 bits per heavy atom. The maximum absolute atomic E-state index is 12.4. The van der Waals surface area contributed by atoms with E-state index in [1.165, 1.54) is 0 Å². The Bertz CT molecular complexity index is 329. The van der Waals surface area contributed by atoms with Crippen LogP contribution in [0.15, 0.2) is 0 Å². The predicted molar refractivity (Wildman–Crippen MR) is 73.7 cm³/mol. The van der Waals surface area contributed by atoms with Gasteiger partial charge < -0.3 is 15.0 Å². The van der Waals surface area contributed by atoms with Gasteiger partial charge in [-0.25, -0.2) is 0 Å². The first-order valence-electron chi connectivity index (χ1n) is 7.11. The van der Waals surface area contributed by atoms with Crippen LogP contribution in [0.5, 0.6) is 0 Å². The SMILES string of the molecule is CCCC1NC(=O)CCN(CC(C)(C)OCC)C1=O. The molecule has 1 aliphatic rings. The molecule has 0 radical (unpaired) electrons. The molecule has 1 heterocycles. The summed E-state index contributed by atoms with van der Waals surface area (Å²) in [5.74, 6) is -0.0241. The van der Waals surface area contributed by atoms with Crippen molar-refractivity contribution in [2.45, 2.75) is 58.6 Å². The zero-order valence-electron chi connectivity index (χ0n) is 12.5. The Hall–Kier alpha value is -1.10. The van der Waals surface area contributed by atoms with Gasteiger partial charge in [-0.05, 0) is 27.2 Å². The summed E-state index contributed by atoms with van der Waals surface area (Å²) in [7, 11) is 0.